The van der Waals surface area contributed by atoms with E-state index in [1.807, 2.05) is 18.2 Å². The molecule has 4 heteroatoms. The fourth-order valence-corrected chi connectivity index (χ4v) is 3.62. The molecule has 23 heavy (non-hydrogen) atoms. The third-order valence-electron chi connectivity index (χ3n) is 4.92. The monoisotopic (exact) mass is 317 g/mol. The minimum Gasteiger partial charge on any atom is -0.376 e. The summed E-state index contributed by atoms with van der Waals surface area (Å²) in [7, 11) is 0. The van der Waals surface area contributed by atoms with Crippen LogP contribution in [-0.4, -0.2) is 31.8 Å². The summed E-state index contributed by atoms with van der Waals surface area (Å²) in [5.41, 5.74) is 1.18. The SMILES string of the molecule is O=C(NC(CC1CCCCC1)c1ccccc1)C1COCCO1. The van der Waals surface area contributed by atoms with Gasteiger partial charge in [-0.25, -0.2) is 0 Å². The maximum absolute atomic E-state index is 12.5. The summed E-state index contributed by atoms with van der Waals surface area (Å²) >= 11 is 0. The lowest BCUT2D eigenvalue weighted by Crippen LogP contribution is -2.44. The molecule has 1 saturated heterocycles. The molecular weight excluding hydrogens is 290 g/mol. The number of nitrogens with one attached hydrogen (secondary N) is 1. The van der Waals surface area contributed by atoms with Crippen LogP contribution in [0.2, 0.25) is 0 Å². The minimum absolute atomic E-state index is 0.0469. The van der Waals surface area contributed by atoms with Crippen LogP contribution < -0.4 is 5.32 Å². The summed E-state index contributed by atoms with van der Waals surface area (Å²) in [4.78, 5) is 12.5. The maximum Gasteiger partial charge on any atom is 0.252 e. The Labute approximate surface area is 138 Å². The molecule has 0 bridgehead atoms. The van der Waals surface area contributed by atoms with Crippen LogP contribution in [0, 0.1) is 5.92 Å². The van der Waals surface area contributed by atoms with E-state index in [0.717, 1.165) is 6.42 Å². The average molecular weight is 317 g/mol. The predicted octanol–water partition coefficient (Wildman–Crippen LogP) is 3.23. The Morgan fingerprint density at radius 3 is 2.61 bits per heavy atom. The molecule has 1 N–H and O–H groups in total. The summed E-state index contributed by atoms with van der Waals surface area (Å²) in [6, 6.07) is 10.4. The lowest BCUT2D eigenvalue weighted by Gasteiger charge is -2.29. The van der Waals surface area contributed by atoms with Crippen molar-refractivity contribution in [2.24, 2.45) is 5.92 Å². The first-order chi connectivity index (χ1) is 11.3. The van der Waals surface area contributed by atoms with Crippen molar-refractivity contribution in [1.29, 1.82) is 0 Å². The molecule has 0 aromatic heterocycles. The van der Waals surface area contributed by atoms with E-state index in [1.165, 1.54) is 37.7 Å². The standard InChI is InChI=1S/C19H27NO3/c21-19(18-14-22-11-12-23-18)20-17(16-9-5-2-6-10-16)13-15-7-3-1-4-8-15/h2,5-6,9-10,15,17-18H,1,3-4,7-8,11-14H2,(H,20,21). The normalized spacial score (nSPS) is 24.1. The van der Waals surface area contributed by atoms with E-state index in [4.69, 9.17) is 9.47 Å². The number of amides is 1. The lowest BCUT2D eigenvalue weighted by molar-refractivity contribution is -0.148. The van der Waals surface area contributed by atoms with Gasteiger partial charge in [-0.1, -0.05) is 62.4 Å². The molecule has 1 aliphatic carbocycles. The quantitative estimate of drug-likeness (QED) is 0.907. The van der Waals surface area contributed by atoms with Crippen LogP contribution in [-0.2, 0) is 14.3 Å². The number of rotatable bonds is 5. The van der Waals surface area contributed by atoms with Crippen LogP contribution in [0.1, 0.15) is 50.1 Å². The first kappa shape index (κ1) is 16.5. The molecule has 2 atom stereocenters. The molecular formula is C19H27NO3. The van der Waals surface area contributed by atoms with Crippen LogP contribution in [0.25, 0.3) is 0 Å². The summed E-state index contributed by atoms with van der Waals surface area (Å²) < 4.78 is 10.9. The number of ether oxygens (including phenoxy) is 2. The molecule has 1 heterocycles. The zero-order valence-corrected chi connectivity index (χ0v) is 13.7. The van der Waals surface area contributed by atoms with Gasteiger partial charge in [0.1, 0.15) is 0 Å². The molecule has 1 saturated carbocycles. The van der Waals surface area contributed by atoms with Crippen molar-refractivity contribution in [3.8, 4) is 0 Å². The second kappa shape index (κ2) is 8.46. The maximum atomic E-state index is 12.5. The molecule has 1 amide bonds. The zero-order chi connectivity index (χ0) is 15.9. The van der Waals surface area contributed by atoms with E-state index in [1.54, 1.807) is 0 Å². The van der Waals surface area contributed by atoms with Crippen molar-refractivity contribution < 1.29 is 14.3 Å². The zero-order valence-electron chi connectivity index (χ0n) is 13.7. The smallest absolute Gasteiger partial charge is 0.252 e. The third-order valence-corrected chi connectivity index (χ3v) is 4.92. The molecule has 1 aromatic carbocycles. The van der Waals surface area contributed by atoms with Crippen molar-refractivity contribution in [1.82, 2.24) is 5.32 Å². The molecule has 3 rings (SSSR count). The highest BCUT2D eigenvalue weighted by atomic mass is 16.6. The van der Waals surface area contributed by atoms with Crippen LogP contribution in [0.15, 0.2) is 30.3 Å². The summed E-state index contributed by atoms with van der Waals surface area (Å²) in [6.07, 6.45) is 7.10. The fraction of sp³-hybridized carbons (Fsp3) is 0.632. The van der Waals surface area contributed by atoms with E-state index >= 15 is 0 Å². The number of hydrogen-bond acceptors (Lipinski definition) is 3. The Morgan fingerprint density at radius 2 is 1.91 bits per heavy atom. The average Bonchev–Trinajstić information content (AvgIpc) is 2.63. The van der Waals surface area contributed by atoms with E-state index in [2.05, 4.69) is 17.4 Å². The van der Waals surface area contributed by atoms with E-state index in [-0.39, 0.29) is 11.9 Å². The van der Waals surface area contributed by atoms with E-state index in [9.17, 15) is 4.79 Å². The Bertz CT molecular complexity index is 479. The van der Waals surface area contributed by atoms with Gasteiger partial charge in [0.2, 0.25) is 0 Å². The van der Waals surface area contributed by atoms with Gasteiger partial charge in [0, 0.05) is 0 Å². The summed E-state index contributed by atoms with van der Waals surface area (Å²) in [5.74, 6) is 0.659. The van der Waals surface area contributed by atoms with Crippen molar-refractivity contribution in [2.45, 2.75) is 50.7 Å². The van der Waals surface area contributed by atoms with E-state index < -0.39 is 6.10 Å². The van der Waals surface area contributed by atoms with Gasteiger partial charge in [-0.05, 0) is 17.9 Å². The van der Waals surface area contributed by atoms with Crippen LogP contribution in [0.5, 0.6) is 0 Å². The van der Waals surface area contributed by atoms with Crippen molar-refractivity contribution in [3.63, 3.8) is 0 Å². The lowest BCUT2D eigenvalue weighted by atomic mass is 9.83. The first-order valence-electron chi connectivity index (χ1n) is 8.87. The second-order valence-corrected chi connectivity index (χ2v) is 6.65. The highest BCUT2D eigenvalue weighted by Gasteiger charge is 2.27. The summed E-state index contributed by atoms with van der Waals surface area (Å²) in [5, 5.41) is 3.21. The van der Waals surface area contributed by atoms with Crippen LogP contribution in [0.3, 0.4) is 0 Å². The van der Waals surface area contributed by atoms with Crippen LogP contribution in [0.4, 0.5) is 0 Å². The molecule has 1 aromatic rings. The Kier molecular flexibility index (Phi) is 6.06. The van der Waals surface area contributed by atoms with Gasteiger partial charge in [0.15, 0.2) is 6.10 Å². The number of hydrogen-bond donors (Lipinski definition) is 1. The topological polar surface area (TPSA) is 47.6 Å². The Hall–Kier alpha value is -1.39. The summed E-state index contributed by atoms with van der Waals surface area (Å²) in [6.45, 7) is 1.43. The Morgan fingerprint density at radius 1 is 1.13 bits per heavy atom. The second-order valence-electron chi connectivity index (χ2n) is 6.65. The number of carbonyl (C=O) groups excluding carboxylic acids is 1. The van der Waals surface area contributed by atoms with Gasteiger partial charge in [-0.2, -0.15) is 0 Å². The highest BCUT2D eigenvalue weighted by molar-refractivity contribution is 5.81. The molecule has 1 aliphatic heterocycles. The van der Waals surface area contributed by atoms with Crippen LogP contribution >= 0.6 is 0 Å². The largest absolute Gasteiger partial charge is 0.376 e. The minimum atomic E-state index is -0.471. The number of benzene rings is 1. The first-order valence-corrected chi connectivity index (χ1v) is 8.87. The molecule has 0 spiro atoms. The highest BCUT2D eigenvalue weighted by Crippen LogP contribution is 2.32. The molecule has 2 aliphatic rings. The van der Waals surface area contributed by atoms with E-state index in [0.29, 0.717) is 25.7 Å². The van der Waals surface area contributed by atoms with Gasteiger partial charge < -0.3 is 14.8 Å². The van der Waals surface area contributed by atoms with Gasteiger partial charge in [0.05, 0.1) is 25.9 Å². The predicted molar refractivity (Wildman–Crippen MR) is 89.1 cm³/mol. The Balaban J connectivity index is 1.65. The molecule has 2 fully saturated rings. The molecule has 4 nitrogen and oxygen atoms in total. The van der Waals surface area contributed by atoms with Gasteiger partial charge >= 0.3 is 0 Å². The third kappa shape index (κ3) is 4.79. The van der Waals surface area contributed by atoms with Crippen molar-refractivity contribution in [2.75, 3.05) is 19.8 Å². The fourth-order valence-electron chi connectivity index (χ4n) is 3.62. The van der Waals surface area contributed by atoms with Gasteiger partial charge in [0.25, 0.3) is 5.91 Å². The molecule has 126 valence electrons. The van der Waals surface area contributed by atoms with Crippen molar-refractivity contribution in [3.05, 3.63) is 35.9 Å². The van der Waals surface area contributed by atoms with Crippen molar-refractivity contribution >= 4 is 5.91 Å². The van der Waals surface area contributed by atoms with Gasteiger partial charge in [-0.15, -0.1) is 0 Å². The van der Waals surface area contributed by atoms with Gasteiger partial charge in [-0.3, -0.25) is 4.79 Å². The molecule has 0 radical (unpaired) electrons. The number of carbonyl (C=O) groups is 1. The molecule has 2 unspecified atom stereocenters.